The first kappa shape index (κ1) is 17.8. The fraction of sp³-hybridized carbons (Fsp3) is 0.571. The molecule has 0 bridgehead atoms. The number of nitrogens with two attached hydrogens (primary N) is 1. The Kier molecular flexibility index (Phi) is 4.98. The average Bonchev–Trinajstić information content (AvgIpc) is 2.34. The molecule has 0 aliphatic rings. The topological polar surface area (TPSA) is 26.0 Å². The third kappa shape index (κ3) is 4.36. The number of hydrogen-bond donors (Lipinski definition) is 1. The zero-order chi connectivity index (χ0) is 16.6. The molecule has 0 radical (unpaired) electrons. The molecule has 2 atom stereocenters. The van der Waals surface area contributed by atoms with E-state index >= 15 is 0 Å². The predicted molar refractivity (Wildman–Crippen MR) is 67.7 cm³/mol. The Hall–Kier alpha value is -1.24. The third-order valence-corrected chi connectivity index (χ3v) is 3.48. The summed E-state index contributed by atoms with van der Waals surface area (Å²) in [6.45, 7) is 5.05. The van der Waals surface area contributed by atoms with Crippen molar-refractivity contribution in [1.29, 1.82) is 0 Å². The maximum atomic E-state index is 12.8. The normalized spacial score (nSPS) is 16.1. The first-order chi connectivity index (χ1) is 9.34. The van der Waals surface area contributed by atoms with Gasteiger partial charge in [0, 0.05) is 6.04 Å². The van der Waals surface area contributed by atoms with Gasteiger partial charge in [-0.25, -0.2) is 0 Å². The van der Waals surface area contributed by atoms with Crippen LogP contribution in [-0.4, -0.2) is 6.04 Å². The third-order valence-electron chi connectivity index (χ3n) is 3.48. The van der Waals surface area contributed by atoms with E-state index in [1.54, 1.807) is 13.8 Å². The fourth-order valence-corrected chi connectivity index (χ4v) is 2.04. The standard InChI is InChI=1S/C14H17F6N/c1-7(2)12(21)8(3)9-4-10(13(15,16)17)6-11(5-9)14(18,19)20/h4-8,12H,21H2,1-3H3. The molecule has 0 aliphatic carbocycles. The van der Waals surface area contributed by atoms with Gasteiger partial charge in [0.25, 0.3) is 0 Å². The molecule has 0 saturated heterocycles. The Labute approximate surface area is 119 Å². The smallest absolute Gasteiger partial charge is 0.327 e. The van der Waals surface area contributed by atoms with Crippen molar-refractivity contribution in [3.8, 4) is 0 Å². The summed E-state index contributed by atoms with van der Waals surface area (Å²) in [6, 6.07) is 1.07. The van der Waals surface area contributed by atoms with Crippen LogP contribution in [-0.2, 0) is 12.4 Å². The Balaban J connectivity index is 3.39. The minimum absolute atomic E-state index is 0.0571. The van der Waals surface area contributed by atoms with Gasteiger partial charge in [-0.1, -0.05) is 20.8 Å². The molecular formula is C14H17F6N. The fourth-order valence-electron chi connectivity index (χ4n) is 2.04. The molecule has 0 heterocycles. The lowest BCUT2D eigenvalue weighted by atomic mass is 9.85. The Morgan fingerprint density at radius 1 is 0.810 bits per heavy atom. The van der Waals surface area contributed by atoms with E-state index in [-0.39, 0.29) is 17.5 Å². The summed E-state index contributed by atoms with van der Waals surface area (Å²) in [7, 11) is 0. The highest BCUT2D eigenvalue weighted by molar-refractivity contribution is 5.36. The zero-order valence-electron chi connectivity index (χ0n) is 11.8. The number of benzene rings is 1. The molecule has 0 saturated carbocycles. The maximum absolute atomic E-state index is 12.8. The van der Waals surface area contributed by atoms with Crippen LogP contribution >= 0.6 is 0 Å². The summed E-state index contributed by atoms with van der Waals surface area (Å²) in [6.07, 6.45) is -9.67. The molecule has 7 heteroatoms. The highest BCUT2D eigenvalue weighted by Crippen LogP contribution is 2.38. The van der Waals surface area contributed by atoms with Crippen LogP contribution in [0.5, 0.6) is 0 Å². The Bertz CT molecular complexity index is 457. The van der Waals surface area contributed by atoms with E-state index in [2.05, 4.69) is 0 Å². The lowest BCUT2D eigenvalue weighted by molar-refractivity contribution is -0.143. The van der Waals surface area contributed by atoms with Gasteiger partial charge < -0.3 is 5.73 Å². The van der Waals surface area contributed by atoms with Gasteiger partial charge in [0.15, 0.2) is 0 Å². The van der Waals surface area contributed by atoms with Gasteiger partial charge in [0.1, 0.15) is 0 Å². The molecule has 21 heavy (non-hydrogen) atoms. The van der Waals surface area contributed by atoms with E-state index in [0.29, 0.717) is 0 Å². The lowest BCUT2D eigenvalue weighted by Crippen LogP contribution is -2.32. The van der Waals surface area contributed by atoms with Crippen molar-refractivity contribution in [3.63, 3.8) is 0 Å². The van der Waals surface area contributed by atoms with Crippen LogP contribution in [0.3, 0.4) is 0 Å². The first-order valence-electron chi connectivity index (χ1n) is 6.39. The second kappa shape index (κ2) is 5.87. The van der Waals surface area contributed by atoms with Crippen LogP contribution in [0, 0.1) is 5.92 Å². The van der Waals surface area contributed by atoms with E-state index in [0.717, 1.165) is 12.1 Å². The monoisotopic (exact) mass is 313 g/mol. The largest absolute Gasteiger partial charge is 0.416 e. The molecule has 0 aromatic heterocycles. The second-order valence-corrected chi connectivity index (χ2v) is 5.45. The van der Waals surface area contributed by atoms with Crippen LogP contribution in [0.15, 0.2) is 18.2 Å². The Morgan fingerprint density at radius 2 is 1.19 bits per heavy atom. The molecule has 2 N–H and O–H groups in total. The molecule has 0 spiro atoms. The maximum Gasteiger partial charge on any atom is 0.416 e. The molecule has 1 aromatic carbocycles. The molecule has 1 rings (SSSR count). The van der Waals surface area contributed by atoms with Crippen molar-refractivity contribution >= 4 is 0 Å². The lowest BCUT2D eigenvalue weighted by Gasteiger charge is -2.25. The molecule has 120 valence electrons. The SMILES string of the molecule is CC(C)C(N)C(C)c1cc(C(F)(F)F)cc(C(F)(F)F)c1. The van der Waals surface area contributed by atoms with Gasteiger partial charge in [0.2, 0.25) is 0 Å². The van der Waals surface area contributed by atoms with E-state index in [1.807, 2.05) is 0 Å². The van der Waals surface area contributed by atoms with Crippen LogP contribution in [0.25, 0.3) is 0 Å². The van der Waals surface area contributed by atoms with Gasteiger partial charge >= 0.3 is 12.4 Å². The number of halogens is 6. The van der Waals surface area contributed by atoms with Gasteiger partial charge in [0.05, 0.1) is 11.1 Å². The molecule has 1 nitrogen and oxygen atoms in total. The summed E-state index contributed by atoms with van der Waals surface area (Å²) in [5.74, 6) is -0.683. The molecule has 1 aromatic rings. The predicted octanol–water partition coefficient (Wildman–Crippen LogP) is 4.81. The van der Waals surface area contributed by atoms with Crippen molar-refractivity contribution < 1.29 is 26.3 Å². The summed E-state index contributed by atoms with van der Waals surface area (Å²) >= 11 is 0. The quantitative estimate of drug-likeness (QED) is 0.796. The van der Waals surface area contributed by atoms with Gasteiger partial charge in [-0.15, -0.1) is 0 Å². The molecule has 2 unspecified atom stereocenters. The molecule has 0 amide bonds. The van der Waals surface area contributed by atoms with Crippen LogP contribution in [0.1, 0.15) is 43.4 Å². The number of alkyl halides is 6. The van der Waals surface area contributed by atoms with Gasteiger partial charge in [-0.2, -0.15) is 26.3 Å². The van der Waals surface area contributed by atoms with Crippen molar-refractivity contribution in [1.82, 2.24) is 0 Å². The average molecular weight is 313 g/mol. The summed E-state index contributed by atoms with van der Waals surface area (Å²) in [5, 5.41) is 0. The van der Waals surface area contributed by atoms with Crippen LogP contribution < -0.4 is 5.73 Å². The number of hydrogen-bond acceptors (Lipinski definition) is 1. The van der Waals surface area contributed by atoms with Gasteiger partial charge in [-0.05, 0) is 35.6 Å². The molecular weight excluding hydrogens is 296 g/mol. The summed E-state index contributed by atoms with van der Waals surface area (Å²) in [5.41, 5.74) is 3.17. The van der Waals surface area contributed by atoms with E-state index in [9.17, 15) is 26.3 Å². The summed E-state index contributed by atoms with van der Waals surface area (Å²) < 4.78 is 76.6. The molecule has 0 aliphatic heterocycles. The Morgan fingerprint density at radius 3 is 1.48 bits per heavy atom. The summed E-state index contributed by atoms with van der Waals surface area (Å²) in [4.78, 5) is 0. The minimum Gasteiger partial charge on any atom is -0.327 e. The van der Waals surface area contributed by atoms with Crippen molar-refractivity contribution in [2.75, 3.05) is 0 Å². The highest BCUT2D eigenvalue weighted by Gasteiger charge is 2.37. The van der Waals surface area contributed by atoms with Crippen molar-refractivity contribution in [2.45, 2.75) is 45.1 Å². The number of rotatable bonds is 3. The van der Waals surface area contributed by atoms with E-state index in [4.69, 9.17) is 5.73 Å². The highest BCUT2D eigenvalue weighted by atomic mass is 19.4. The zero-order valence-corrected chi connectivity index (χ0v) is 11.8. The van der Waals surface area contributed by atoms with Crippen molar-refractivity contribution in [2.24, 2.45) is 11.7 Å². The van der Waals surface area contributed by atoms with Crippen molar-refractivity contribution in [3.05, 3.63) is 34.9 Å². The second-order valence-electron chi connectivity index (χ2n) is 5.45. The minimum atomic E-state index is -4.84. The van der Waals surface area contributed by atoms with Crippen LogP contribution in [0.2, 0.25) is 0 Å². The van der Waals surface area contributed by atoms with Gasteiger partial charge in [-0.3, -0.25) is 0 Å². The molecule has 0 fully saturated rings. The van der Waals surface area contributed by atoms with E-state index in [1.165, 1.54) is 6.92 Å². The van der Waals surface area contributed by atoms with Crippen LogP contribution in [0.4, 0.5) is 26.3 Å². The first-order valence-corrected chi connectivity index (χ1v) is 6.39. The van der Waals surface area contributed by atoms with E-state index < -0.39 is 35.4 Å².